The lowest BCUT2D eigenvalue weighted by Crippen LogP contribution is -2.04. The van der Waals surface area contributed by atoms with Gasteiger partial charge in [0, 0.05) is 12.8 Å². The second kappa shape index (κ2) is 5.63. The van der Waals surface area contributed by atoms with Crippen LogP contribution >= 0.6 is 0 Å². The first-order valence-corrected chi connectivity index (χ1v) is 6.19. The van der Waals surface area contributed by atoms with E-state index >= 15 is 0 Å². The van der Waals surface area contributed by atoms with E-state index in [1.807, 2.05) is 30.3 Å². The molecule has 0 heterocycles. The van der Waals surface area contributed by atoms with Crippen LogP contribution in [0, 0.1) is 0 Å². The Hall–Kier alpha value is -1.20. The van der Waals surface area contributed by atoms with Gasteiger partial charge in [0.05, 0.1) is 5.75 Å². The van der Waals surface area contributed by atoms with Crippen molar-refractivity contribution in [2.45, 2.75) is 6.42 Å². The summed E-state index contributed by atoms with van der Waals surface area (Å²) in [4.78, 5) is 4.04. The molecule has 0 atom stereocenters. The van der Waals surface area contributed by atoms with Gasteiger partial charge in [-0.1, -0.05) is 30.3 Å². The smallest absolute Gasteiger partial charge is 0.264 e. The molecule has 15 heavy (non-hydrogen) atoms. The number of hydrogen-bond acceptors (Lipinski definition) is 3. The molecule has 0 saturated carbocycles. The summed E-state index contributed by atoms with van der Waals surface area (Å²) in [6, 6.07) is 9.54. The van der Waals surface area contributed by atoms with Crippen molar-refractivity contribution in [3.05, 3.63) is 35.9 Å². The van der Waals surface area contributed by atoms with Crippen molar-refractivity contribution in [1.29, 1.82) is 0 Å². The monoisotopic (exact) mass is 227 g/mol. The van der Waals surface area contributed by atoms with Gasteiger partial charge in [0.25, 0.3) is 10.1 Å². The SMILES string of the molecule is O=S(=O)(O)CCCN=Cc1ccccc1. The highest BCUT2D eigenvalue weighted by Crippen LogP contribution is 1.95. The van der Waals surface area contributed by atoms with E-state index in [4.69, 9.17) is 4.55 Å². The summed E-state index contributed by atoms with van der Waals surface area (Å²) in [6.07, 6.45) is 2.02. The van der Waals surface area contributed by atoms with Gasteiger partial charge < -0.3 is 0 Å². The van der Waals surface area contributed by atoms with Gasteiger partial charge in [-0.2, -0.15) is 8.42 Å². The predicted molar refractivity (Wildman–Crippen MR) is 59.9 cm³/mol. The van der Waals surface area contributed by atoms with Crippen LogP contribution in [-0.4, -0.2) is 31.5 Å². The molecule has 0 fully saturated rings. The number of benzene rings is 1. The number of rotatable bonds is 5. The molecule has 1 aromatic rings. The van der Waals surface area contributed by atoms with E-state index in [1.54, 1.807) is 6.21 Å². The molecule has 1 aromatic carbocycles. The summed E-state index contributed by atoms with van der Waals surface area (Å²) >= 11 is 0. The van der Waals surface area contributed by atoms with E-state index in [-0.39, 0.29) is 5.75 Å². The van der Waals surface area contributed by atoms with E-state index in [2.05, 4.69) is 4.99 Å². The Morgan fingerprint density at radius 1 is 1.27 bits per heavy atom. The molecule has 0 aliphatic carbocycles. The lowest BCUT2D eigenvalue weighted by atomic mass is 10.2. The number of nitrogens with zero attached hydrogens (tertiary/aromatic N) is 1. The molecule has 0 amide bonds. The van der Waals surface area contributed by atoms with E-state index in [1.165, 1.54) is 0 Å². The fraction of sp³-hybridized carbons (Fsp3) is 0.300. The van der Waals surface area contributed by atoms with E-state index < -0.39 is 10.1 Å². The molecule has 82 valence electrons. The van der Waals surface area contributed by atoms with Crippen LogP contribution in [-0.2, 0) is 10.1 Å². The van der Waals surface area contributed by atoms with Gasteiger partial charge in [-0.05, 0) is 12.0 Å². The maximum absolute atomic E-state index is 10.4. The van der Waals surface area contributed by atoms with Gasteiger partial charge in [-0.3, -0.25) is 9.55 Å². The van der Waals surface area contributed by atoms with Gasteiger partial charge in [0.15, 0.2) is 0 Å². The third-order valence-corrected chi connectivity index (χ3v) is 2.53. The summed E-state index contributed by atoms with van der Waals surface area (Å²) in [6.45, 7) is 0.398. The van der Waals surface area contributed by atoms with Crippen molar-refractivity contribution in [3.63, 3.8) is 0 Å². The Kier molecular flexibility index (Phi) is 4.45. The number of hydrogen-bond donors (Lipinski definition) is 1. The van der Waals surface area contributed by atoms with Crippen LogP contribution in [0.5, 0.6) is 0 Å². The summed E-state index contributed by atoms with van der Waals surface area (Å²) in [5.41, 5.74) is 0.976. The lowest BCUT2D eigenvalue weighted by Gasteiger charge is -1.94. The Bertz CT molecular complexity index is 412. The van der Waals surface area contributed by atoms with Gasteiger partial charge >= 0.3 is 0 Å². The highest BCUT2D eigenvalue weighted by molar-refractivity contribution is 7.85. The molecule has 1 rings (SSSR count). The summed E-state index contributed by atoms with van der Waals surface area (Å²) in [5, 5.41) is 0. The third kappa shape index (κ3) is 5.98. The van der Waals surface area contributed by atoms with Crippen molar-refractivity contribution in [2.24, 2.45) is 4.99 Å². The molecule has 0 unspecified atom stereocenters. The van der Waals surface area contributed by atoms with Crippen LogP contribution in [0.4, 0.5) is 0 Å². The largest absolute Gasteiger partial charge is 0.293 e. The fourth-order valence-corrected chi connectivity index (χ4v) is 1.54. The Morgan fingerprint density at radius 3 is 2.53 bits per heavy atom. The Labute approximate surface area is 89.4 Å². The Morgan fingerprint density at radius 2 is 1.93 bits per heavy atom. The fourth-order valence-electron chi connectivity index (χ4n) is 1.05. The molecule has 0 spiro atoms. The van der Waals surface area contributed by atoms with Crippen molar-refractivity contribution >= 4 is 16.3 Å². The van der Waals surface area contributed by atoms with Crippen LogP contribution in [0.25, 0.3) is 0 Å². The minimum Gasteiger partial charge on any atom is -0.293 e. The summed E-state index contributed by atoms with van der Waals surface area (Å²) in [5.74, 6) is -0.237. The van der Waals surface area contributed by atoms with Crippen LogP contribution in [0.15, 0.2) is 35.3 Å². The van der Waals surface area contributed by atoms with Crippen LogP contribution in [0.3, 0.4) is 0 Å². The topological polar surface area (TPSA) is 66.7 Å². The molecule has 0 radical (unpaired) electrons. The average molecular weight is 227 g/mol. The molecule has 0 aliphatic rings. The van der Waals surface area contributed by atoms with Gasteiger partial charge in [-0.25, -0.2) is 0 Å². The van der Waals surface area contributed by atoms with Crippen LogP contribution in [0.1, 0.15) is 12.0 Å². The van der Waals surface area contributed by atoms with Crippen LogP contribution in [0.2, 0.25) is 0 Å². The summed E-state index contributed by atoms with van der Waals surface area (Å²) in [7, 11) is -3.84. The molecule has 0 saturated heterocycles. The maximum Gasteiger partial charge on any atom is 0.264 e. The van der Waals surface area contributed by atoms with E-state index in [9.17, 15) is 8.42 Å². The first-order chi connectivity index (χ1) is 7.08. The third-order valence-electron chi connectivity index (χ3n) is 1.73. The van der Waals surface area contributed by atoms with Gasteiger partial charge in [0.2, 0.25) is 0 Å². The molecular formula is C10H13NO3S. The van der Waals surface area contributed by atoms with E-state index in [0.717, 1.165) is 5.56 Å². The quantitative estimate of drug-likeness (QED) is 0.469. The van der Waals surface area contributed by atoms with E-state index in [0.29, 0.717) is 13.0 Å². The minimum atomic E-state index is -3.84. The molecule has 4 nitrogen and oxygen atoms in total. The van der Waals surface area contributed by atoms with Crippen molar-refractivity contribution in [2.75, 3.05) is 12.3 Å². The highest BCUT2D eigenvalue weighted by atomic mass is 32.2. The van der Waals surface area contributed by atoms with Gasteiger partial charge in [0.1, 0.15) is 0 Å². The standard InChI is InChI=1S/C10H13NO3S/c12-15(13,14)8-4-7-11-9-10-5-2-1-3-6-10/h1-3,5-6,9H,4,7-8H2,(H,12,13,14). The summed E-state index contributed by atoms with van der Waals surface area (Å²) < 4.78 is 29.2. The molecule has 0 aromatic heterocycles. The second-order valence-electron chi connectivity index (χ2n) is 3.09. The molecular weight excluding hydrogens is 214 g/mol. The highest BCUT2D eigenvalue weighted by Gasteiger charge is 2.01. The average Bonchev–Trinajstić information content (AvgIpc) is 2.17. The second-order valence-corrected chi connectivity index (χ2v) is 4.66. The zero-order valence-electron chi connectivity index (χ0n) is 8.20. The number of aliphatic imine (C=N–C) groups is 1. The van der Waals surface area contributed by atoms with Crippen molar-refractivity contribution in [1.82, 2.24) is 0 Å². The predicted octanol–water partition coefficient (Wildman–Crippen LogP) is 1.38. The Balaban J connectivity index is 2.30. The molecule has 5 heteroatoms. The molecule has 1 N–H and O–H groups in total. The molecule has 0 bridgehead atoms. The van der Waals surface area contributed by atoms with Crippen molar-refractivity contribution < 1.29 is 13.0 Å². The normalized spacial score (nSPS) is 12.1. The first kappa shape index (κ1) is 11.9. The van der Waals surface area contributed by atoms with Crippen LogP contribution < -0.4 is 0 Å². The van der Waals surface area contributed by atoms with Gasteiger partial charge in [-0.15, -0.1) is 0 Å². The first-order valence-electron chi connectivity index (χ1n) is 4.58. The van der Waals surface area contributed by atoms with Crippen molar-refractivity contribution in [3.8, 4) is 0 Å². The maximum atomic E-state index is 10.4. The molecule has 0 aliphatic heterocycles. The lowest BCUT2D eigenvalue weighted by molar-refractivity contribution is 0.481. The minimum absolute atomic E-state index is 0.237. The zero-order valence-corrected chi connectivity index (χ0v) is 9.02. The zero-order chi connectivity index (χ0) is 11.1.